The van der Waals surface area contributed by atoms with Crippen molar-refractivity contribution in [2.24, 2.45) is 0 Å². The fourth-order valence-electron chi connectivity index (χ4n) is 6.03. The van der Waals surface area contributed by atoms with E-state index in [9.17, 15) is 0 Å². The summed E-state index contributed by atoms with van der Waals surface area (Å²) < 4.78 is 0. The van der Waals surface area contributed by atoms with Crippen LogP contribution in [0.25, 0.3) is 16.7 Å². The summed E-state index contributed by atoms with van der Waals surface area (Å²) in [4.78, 5) is 0. The topological polar surface area (TPSA) is 12.0 Å². The van der Waals surface area contributed by atoms with Crippen molar-refractivity contribution in [1.29, 1.82) is 0 Å². The van der Waals surface area contributed by atoms with E-state index >= 15 is 0 Å². The minimum absolute atomic E-state index is 0.0385. The Morgan fingerprint density at radius 1 is 0.710 bits per heavy atom. The Morgan fingerprint density at radius 3 is 2.13 bits per heavy atom. The first kappa shape index (κ1) is 18.7. The SMILES string of the molecule is CC1(C)C2=CC(Nc3ccc4c(c3)C(C)(C)c3ccccc3-4)CC=C2c2ccccc21. The van der Waals surface area contributed by atoms with Gasteiger partial charge in [0, 0.05) is 22.6 Å². The lowest BCUT2D eigenvalue weighted by molar-refractivity contribution is 0.650. The molecule has 0 radical (unpaired) electrons. The maximum absolute atomic E-state index is 3.83. The van der Waals surface area contributed by atoms with E-state index in [4.69, 9.17) is 0 Å². The van der Waals surface area contributed by atoms with Crippen molar-refractivity contribution in [3.63, 3.8) is 0 Å². The molecule has 0 saturated carbocycles. The minimum atomic E-state index is 0.0385. The first-order chi connectivity index (χ1) is 14.9. The molecule has 1 N–H and O–H groups in total. The lowest BCUT2D eigenvalue weighted by Gasteiger charge is -2.28. The number of benzene rings is 3. The number of nitrogens with one attached hydrogen (secondary N) is 1. The van der Waals surface area contributed by atoms with Gasteiger partial charge in [0.2, 0.25) is 0 Å². The number of rotatable bonds is 2. The van der Waals surface area contributed by atoms with Crippen LogP contribution in [0.3, 0.4) is 0 Å². The van der Waals surface area contributed by atoms with E-state index < -0.39 is 0 Å². The largest absolute Gasteiger partial charge is 0.379 e. The summed E-state index contributed by atoms with van der Waals surface area (Å²) in [5, 5.41) is 3.83. The van der Waals surface area contributed by atoms with E-state index in [0.717, 1.165) is 6.42 Å². The first-order valence-electron chi connectivity index (χ1n) is 11.4. The van der Waals surface area contributed by atoms with E-state index in [0.29, 0.717) is 6.04 Å². The Labute approximate surface area is 185 Å². The summed E-state index contributed by atoms with van der Waals surface area (Å²) in [5.74, 6) is 0. The van der Waals surface area contributed by atoms with Gasteiger partial charge in [-0.15, -0.1) is 0 Å². The molecule has 31 heavy (non-hydrogen) atoms. The molecule has 1 atom stereocenters. The van der Waals surface area contributed by atoms with Crippen LogP contribution in [0.2, 0.25) is 0 Å². The van der Waals surface area contributed by atoms with Gasteiger partial charge in [-0.1, -0.05) is 94.4 Å². The van der Waals surface area contributed by atoms with Gasteiger partial charge in [-0.3, -0.25) is 0 Å². The zero-order valence-corrected chi connectivity index (χ0v) is 18.8. The minimum Gasteiger partial charge on any atom is -0.379 e. The molecule has 0 amide bonds. The summed E-state index contributed by atoms with van der Waals surface area (Å²) in [5.41, 5.74) is 12.7. The number of anilines is 1. The average Bonchev–Trinajstić information content (AvgIpc) is 3.14. The highest BCUT2D eigenvalue weighted by molar-refractivity contribution is 5.90. The third-order valence-corrected chi connectivity index (χ3v) is 7.73. The maximum Gasteiger partial charge on any atom is 0.0485 e. The van der Waals surface area contributed by atoms with E-state index in [1.54, 1.807) is 0 Å². The molecule has 3 aromatic carbocycles. The maximum atomic E-state index is 3.83. The van der Waals surface area contributed by atoms with Gasteiger partial charge in [0.15, 0.2) is 0 Å². The zero-order chi connectivity index (χ0) is 21.4. The molecule has 154 valence electrons. The summed E-state index contributed by atoms with van der Waals surface area (Å²) in [6, 6.07) is 25.0. The third kappa shape index (κ3) is 2.56. The smallest absolute Gasteiger partial charge is 0.0485 e. The van der Waals surface area contributed by atoms with Gasteiger partial charge in [0.1, 0.15) is 0 Å². The Hall–Kier alpha value is -3.06. The summed E-state index contributed by atoms with van der Waals surface area (Å²) >= 11 is 0. The molecule has 0 bridgehead atoms. The second kappa shape index (κ2) is 6.23. The van der Waals surface area contributed by atoms with Crippen molar-refractivity contribution in [3.8, 4) is 11.1 Å². The Kier molecular flexibility index (Phi) is 3.76. The van der Waals surface area contributed by atoms with Gasteiger partial charge in [0.05, 0.1) is 0 Å². The predicted molar refractivity (Wildman–Crippen MR) is 132 cm³/mol. The monoisotopic (exact) mass is 403 g/mol. The van der Waals surface area contributed by atoms with Crippen molar-refractivity contribution >= 4 is 11.3 Å². The van der Waals surface area contributed by atoms with E-state index in [1.165, 1.54) is 50.2 Å². The molecule has 3 aliphatic carbocycles. The van der Waals surface area contributed by atoms with Crippen LogP contribution in [-0.4, -0.2) is 6.04 Å². The standard InChI is InChI=1S/C30H29N/c1-29(2)25-11-7-5-9-21(25)23-15-13-19(17-27(23)29)31-20-14-16-24-22-10-6-8-12-26(22)30(3,4)28(24)18-20/h5-13,15-18,20,31H,14H2,1-4H3. The molecule has 0 saturated heterocycles. The number of hydrogen-bond donors (Lipinski definition) is 1. The Balaban J connectivity index is 1.33. The summed E-state index contributed by atoms with van der Waals surface area (Å²) in [7, 11) is 0. The summed E-state index contributed by atoms with van der Waals surface area (Å²) in [6.07, 6.45) is 5.93. The molecule has 0 spiro atoms. The van der Waals surface area contributed by atoms with Crippen molar-refractivity contribution in [3.05, 3.63) is 107 Å². The van der Waals surface area contributed by atoms with Crippen LogP contribution < -0.4 is 5.32 Å². The second-order valence-electron chi connectivity index (χ2n) is 10.3. The van der Waals surface area contributed by atoms with Gasteiger partial charge >= 0.3 is 0 Å². The fraction of sp³-hybridized carbons (Fsp3) is 0.267. The molecule has 0 heterocycles. The molecule has 3 aliphatic rings. The van der Waals surface area contributed by atoms with E-state index in [2.05, 4.69) is 112 Å². The van der Waals surface area contributed by atoms with E-state index in [1.807, 2.05) is 0 Å². The van der Waals surface area contributed by atoms with Crippen molar-refractivity contribution in [1.82, 2.24) is 0 Å². The first-order valence-corrected chi connectivity index (χ1v) is 11.4. The lowest BCUT2D eigenvalue weighted by Crippen LogP contribution is -2.24. The molecule has 3 aromatic rings. The van der Waals surface area contributed by atoms with Crippen LogP contribution in [0, 0.1) is 0 Å². The molecule has 1 heteroatoms. The molecule has 0 fully saturated rings. The van der Waals surface area contributed by atoms with Gasteiger partial charge in [-0.25, -0.2) is 0 Å². The van der Waals surface area contributed by atoms with Crippen LogP contribution in [0.15, 0.2) is 84.5 Å². The normalized spacial score (nSPS) is 21.4. The molecule has 1 nitrogen and oxygen atoms in total. The highest BCUT2D eigenvalue weighted by Gasteiger charge is 2.39. The van der Waals surface area contributed by atoms with Crippen LogP contribution in [-0.2, 0) is 10.8 Å². The van der Waals surface area contributed by atoms with Gasteiger partial charge in [-0.2, -0.15) is 0 Å². The highest BCUT2D eigenvalue weighted by atomic mass is 14.9. The van der Waals surface area contributed by atoms with Crippen molar-refractivity contribution < 1.29 is 0 Å². The predicted octanol–water partition coefficient (Wildman–Crippen LogP) is 7.48. The Morgan fingerprint density at radius 2 is 1.35 bits per heavy atom. The second-order valence-corrected chi connectivity index (χ2v) is 10.3. The molecule has 0 aliphatic heterocycles. The van der Waals surface area contributed by atoms with Crippen LogP contribution >= 0.6 is 0 Å². The number of allylic oxidation sites excluding steroid dienone is 2. The number of fused-ring (bicyclic) bond motifs is 6. The Bertz CT molecular complexity index is 1290. The van der Waals surface area contributed by atoms with Crippen LogP contribution in [0.4, 0.5) is 5.69 Å². The molecular weight excluding hydrogens is 374 g/mol. The van der Waals surface area contributed by atoms with Crippen LogP contribution in [0.5, 0.6) is 0 Å². The van der Waals surface area contributed by atoms with Crippen molar-refractivity contribution in [2.45, 2.75) is 51.0 Å². The van der Waals surface area contributed by atoms with Crippen molar-refractivity contribution in [2.75, 3.05) is 5.32 Å². The molecule has 0 aromatic heterocycles. The molecule has 6 rings (SSSR count). The quantitative estimate of drug-likeness (QED) is 0.468. The molecule has 1 unspecified atom stereocenters. The van der Waals surface area contributed by atoms with Gasteiger partial charge in [0.25, 0.3) is 0 Å². The summed E-state index contributed by atoms with van der Waals surface area (Å²) in [6.45, 7) is 9.40. The van der Waals surface area contributed by atoms with E-state index in [-0.39, 0.29) is 10.8 Å². The number of hydrogen-bond acceptors (Lipinski definition) is 1. The molecular formula is C30H29N. The highest BCUT2D eigenvalue weighted by Crippen LogP contribution is 2.52. The van der Waals surface area contributed by atoms with Crippen LogP contribution in [0.1, 0.15) is 56.4 Å². The lowest BCUT2D eigenvalue weighted by atomic mass is 9.79. The van der Waals surface area contributed by atoms with Gasteiger partial charge in [-0.05, 0) is 63.1 Å². The zero-order valence-electron chi connectivity index (χ0n) is 18.8. The van der Waals surface area contributed by atoms with Gasteiger partial charge < -0.3 is 5.32 Å². The average molecular weight is 404 g/mol. The third-order valence-electron chi connectivity index (χ3n) is 7.73. The fourth-order valence-corrected chi connectivity index (χ4v) is 6.03.